The van der Waals surface area contributed by atoms with Gasteiger partial charge < -0.3 is 14.8 Å². The highest BCUT2D eigenvalue weighted by molar-refractivity contribution is 7.99. The number of carbonyl (C=O) groups is 1. The van der Waals surface area contributed by atoms with E-state index in [0.29, 0.717) is 22.9 Å². The highest BCUT2D eigenvalue weighted by atomic mass is 32.2. The smallest absolute Gasteiger partial charge is 0.254 e. The van der Waals surface area contributed by atoms with Crippen molar-refractivity contribution in [2.24, 2.45) is 0 Å². The van der Waals surface area contributed by atoms with Crippen LogP contribution in [0.15, 0.2) is 76.8 Å². The molecule has 0 radical (unpaired) electrons. The molecule has 1 aromatic heterocycles. The summed E-state index contributed by atoms with van der Waals surface area (Å²) in [6.07, 6.45) is 1.69. The van der Waals surface area contributed by atoms with Crippen LogP contribution in [0.3, 0.4) is 0 Å². The van der Waals surface area contributed by atoms with Gasteiger partial charge in [-0.25, -0.2) is 4.98 Å². The van der Waals surface area contributed by atoms with Crippen LogP contribution < -0.4 is 14.8 Å². The first-order chi connectivity index (χ1) is 12.8. The second-order valence-electron chi connectivity index (χ2n) is 5.64. The molecular formula is C20H16N2O3S. The first kappa shape index (κ1) is 16.5. The van der Waals surface area contributed by atoms with Crippen LogP contribution in [0, 0.1) is 0 Å². The normalized spacial score (nSPS) is 12.0. The Labute approximate surface area is 155 Å². The molecule has 1 aliphatic rings. The Balaban J connectivity index is 1.46. The van der Waals surface area contributed by atoms with E-state index in [1.165, 1.54) is 11.8 Å². The van der Waals surface area contributed by atoms with Gasteiger partial charge in [-0.1, -0.05) is 36.0 Å². The second kappa shape index (κ2) is 7.49. The predicted octanol–water partition coefficient (Wildman–Crippen LogP) is 3.89. The highest BCUT2D eigenvalue weighted by Gasteiger charge is 2.15. The summed E-state index contributed by atoms with van der Waals surface area (Å²) in [5.74, 6) is 1.28. The number of fused-ring (bicyclic) bond motifs is 1. The molecule has 0 saturated heterocycles. The van der Waals surface area contributed by atoms with Gasteiger partial charge in [0.15, 0.2) is 11.5 Å². The first-order valence-corrected chi connectivity index (χ1v) is 8.96. The number of hydrogen-bond donors (Lipinski definition) is 1. The molecule has 0 saturated carbocycles. The molecule has 1 N–H and O–H groups in total. The molecule has 0 aliphatic carbocycles. The highest BCUT2D eigenvalue weighted by Crippen LogP contribution is 2.32. The van der Waals surface area contributed by atoms with Gasteiger partial charge in [-0.3, -0.25) is 4.79 Å². The average Bonchev–Trinajstić information content (AvgIpc) is 3.15. The summed E-state index contributed by atoms with van der Waals surface area (Å²) in [7, 11) is 0. The number of pyridine rings is 1. The van der Waals surface area contributed by atoms with Crippen LogP contribution in [0.5, 0.6) is 11.5 Å². The first-order valence-electron chi connectivity index (χ1n) is 8.14. The predicted molar refractivity (Wildman–Crippen MR) is 98.5 cm³/mol. The Bertz CT molecular complexity index is 931. The van der Waals surface area contributed by atoms with Gasteiger partial charge in [-0.05, 0) is 42.0 Å². The van der Waals surface area contributed by atoms with E-state index >= 15 is 0 Å². The van der Waals surface area contributed by atoms with Crippen molar-refractivity contribution in [2.75, 3.05) is 6.79 Å². The minimum absolute atomic E-state index is 0.158. The molecule has 4 rings (SSSR count). The van der Waals surface area contributed by atoms with Gasteiger partial charge in [0, 0.05) is 17.6 Å². The maximum atomic E-state index is 12.6. The van der Waals surface area contributed by atoms with E-state index in [1.54, 1.807) is 18.3 Å². The van der Waals surface area contributed by atoms with Gasteiger partial charge >= 0.3 is 0 Å². The van der Waals surface area contributed by atoms with E-state index in [1.807, 2.05) is 48.5 Å². The Morgan fingerprint density at radius 3 is 2.77 bits per heavy atom. The third-order valence-corrected chi connectivity index (χ3v) is 4.89. The van der Waals surface area contributed by atoms with E-state index in [9.17, 15) is 4.79 Å². The molecule has 0 unspecified atom stereocenters. The molecule has 26 heavy (non-hydrogen) atoms. The van der Waals surface area contributed by atoms with E-state index in [2.05, 4.69) is 10.3 Å². The molecule has 6 heteroatoms. The SMILES string of the molecule is O=C(NCc1ccc2c(c1)OCO2)c1cccnc1Sc1ccccc1. The van der Waals surface area contributed by atoms with Gasteiger partial charge in [0.05, 0.1) is 5.56 Å². The zero-order valence-electron chi connectivity index (χ0n) is 13.8. The van der Waals surface area contributed by atoms with Crippen LogP contribution >= 0.6 is 11.8 Å². The van der Waals surface area contributed by atoms with Crippen molar-refractivity contribution in [3.8, 4) is 11.5 Å². The van der Waals surface area contributed by atoms with Crippen LogP contribution in [0.2, 0.25) is 0 Å². The summed E-state index contributed by atoms with van der Waals surface area (Å²) in [5.41, 5.74) is 1.51. The number of rotatable bonds is 5. The fraction of sp³-hybridized carbons (Fsp3) is 0.100. The Morgan fingerprint density at radius 1 is 1.04 bits per heavy atom. The number of hydrogen-bond acceptors (Lipinski definition) is 5. The molecular weight excluding hydrogens is 348 g/mol. The van der Waals surface area contributed by atoms with E-state index < -0.39 is 0 Å². The number of ether oxygens (including phenoxy) is 2. The third-order valence-electron chi connectivity index (χ3n) is 3.86. The maximum Gasteiger partial charge on any atom is 0.254 e. The lowest BCUT2D eigenvalue weighted by Crippen LogP contribution is -2.23. The molecule has 0 fully saturated rings. The van der Waals surface area contributed by atoms with E-state index in [0.717, 1.165) is 16.2 Å². The van der Waals surface area contributed by atoms with Crippen molar-refractivity contribution >= 4 is 17.7 Å². The summed E-state index contributed by atoms with van der Waals surface area (Å²) in [4.78, 5) is 18.0. The number of benzene rings is 2. The quantitative estimate of drug-likeness (QED) is 0.744. The molecule has 2 aromatic carbocycles. The maximum absolute atomic E-state index is 12.6. The monoisotopic (exact) mass is 364 g/mol. The summed E-state index contributed by atoms with van der Waals surface area (Å²) < 4.78 is 10.7. The lowest BCUT2D eigenvalue weighted by atomic mass is 10.2. The standard InChI is InChI=1S/C20H16N2O3S/c23-19(22-12-14-8-9-17-18(11-14)25-13-24-17)16-7-4-10-21-20(16)26-15-5-2-1-3-6-15/h1-11H,12-13H2,(H,22,23). The number of carbonyl (C=O) groups excluding carboxylic acids is 1. The van der Waals surface area contributed by atoms with Crippen molar-refractivity contribution in [3.05, 3.63) is 78.0 Å². The van der Waals surface area contributed by atoms with Crippen molar-refractivity contribution in [1.82, 2.24) is 10.3 Å². The zero-order valence-corrected chi connectivity index (χ0v) is 14.7. The van der Waals surface area contributed by atoms with Crippen molar-refractivity contribution in [3.63, 3.8) is 0 Å². The van der Waals surface area contributed by atoms with Gasteiger partial charge in [0.2, 0.25) is 6.79 Å². The molecule has 5 nitrogen and oxygen atoms in total. The largest absolute Gasteiger partial charge is 0.454 e. The number of nitrogens with one attached hydrogen (secondary N) is 1. The fourth-order valence-electron chi connectivity index (χ4n) is 2.57. The van der Waals surface area contributed by atoms with E-state index in [-0.39, 0.29) is 12.7 Å². The number of aromatic nitrogens is 1. The van der Waals surface area contributed by atoms with Gasteiger partial charge in [0.25, 0.3) is 5.91 Å². The topological polar surface area (TPSA) is 60.5 Å². The van der Waals surface area contributed by atoms with Crippen LogP contribution in [-0.2, 0) is 6.54 Å². The molecule has 0 bridgehead atoms. The van der Waals surface area contributed by atoms with Crippen LogP contribution in [0.25, 0.3) is 0 Å². The van der Waals surface area contributed by atoms with E-state index in [4.69, 9.17) is 9.47 Å². The molecule has 2 heterocycles. The van der Waals surface area contributed by atoms with Crippen LogP contribution in [0.1, 0.15) is 15.9 Å². The Kier molecular flexibility index (Phi) is 4.75. The molecule has 0 spiro atoms. The van der Waals surface area contributed by atoms with Crippen molar-refractivity contribution in [1.29, 1.82) is 0 Å². The van der Waals surface area contributed by atoms with Gasteiger partial charge in [-0.2, -0.15) is 0 Å². The van der Waals surface area contributed by atoms with Crippen LogP contribution in [-0.4, -0.2) is 17.7 Å². The molecule has 1 amide bonds. The Hall–Kier alpha value is -2.99. The summed E-state index contributed by atoms with van der Waals surface area (Å²) in [5, 5.41) is 3.63. The molecule has 3 aromatic rings. The Morgan fingerprint density at radius 2 is 1.88 bits per heavy atom. The lowest BCUT2D eigenvalue weighted by molar-refractivity contribution is 0.0947. The summed E-state index contributed by atoms with van der Waals surface area (Å²) >= 11 is 1.47. The second-order valence-corrected chi connectivity index (χ2v) is 6.70. The summed E-state index contributed by atoms with van der Waals surface area (Å²) in [6.45, 7) is 0.640. The van der Waals surface area contributed by atoms with Crippen LogP contribution in [0.4, 0.5) is 0 Å². The minimum Gasteiger partial charge on any atom is -0.454 e. The lowest BCUT2D eigenvalue weighted by Gasteiger charge is -2.09. The molecule has 0 atom stereocenters. The molecule has 1 aliphatic heterocycles. The van der Waals surface area contributed by atoms with Gasteiger partial charge in [0.1, 0.15) is 5.03 Å². The number of nitrogens with zero attached hydrogens (tertiary/aromatic N) is 1. The fourth-order valence-corrected chi connectivity index (χ4v) is 3.47. The minimum atomic E-state index is -0.158. The number of amides is 1. The zero-order chi connectivity index (χ0) is 17.8. The van der Waals surface area contributed by atoms with Crippen molar-refractivity contribution in [2.45, 2.75) is 16.5 Å². The van der Waals surface area contributed by atoms with Crippen molar-refractivity contribution < 1.29 is 14.3 Å². The molecule has 130 valence electrons. The average molecular weight is 364 g/mol. The summed E-state index contributed by atoms with van der Waals surface area (Å²) in [6, 6.07) is 19.1. The van der Waals surface area contributed by atoms with Gasteiger partial charge in [-0.15, -0.1) is 0 Å². The third kappa shape index (κ3) is 3.65.